The van der Waals surface area contributed by atoms with Gasteiger partial charge in [0.2, 0.25) is 11.8 Å². The summed E-state index contributed by atoms with van der Waals surface area (Å²) in [5, 5.41) is 2.87. The van der Waals surface area contributed by atoms with E-state index in [4.69, 9.17) is 16.3 Å². The molecule has 1 heterocycles. The van der Waals surface area contributed by atoms with E-state index in [2.05, 4.69) is 10.2 Å². The van der Waals surface area contributed by atoms with E-state index in [-0.39, 0.29) is 28.9 Å². The topological polar surface area (TPSA) is 61.9 Å². The predicted molar refractivity (Wildman–Crippen MR) is 124 cm³/mol. The smallest absolute Gasteiger partial charge is 0.225 e. The average Bonchev–Trinajstić information content (AvgIpc) is 3.04. The van der Waals surface area contributed by atoms with Gasteiger partial charge < -0.3 is 19.9 Å². The number of benzene rings is 2. The molecule has 0 radical (unpaired) electrons. The second-order valence-corrected chi connectivity index (χ2v) is 8.28. The molecule has 1 aliphatic rings. The number of nitrogens with zero attached hydrogens (tertiary/aromatic N) is 2. The summed E-state index contributed by atoms with van der Waals surface area (Å²) in [5.74, 6) is 0.158. The summed E-state index contributed by atoms with van der Waals surface area (Å²) in [6, 6.07) is 11.9. The van der Waals surface area contributed by atoms with Crippen LogP contribution in [0.25, 0.3) is 0 Å². The molecule has 1 saturated heterocycles. The highest BCUT2D eigenvalue weighted by atomic mass is 35.5. The predicted octanol–water partition coefficient (Wildman–Crippen LogP) is 3.98. The van der Waals surface area contributed by atoms with E-state index in [1.165, 1.54) is 18.2 Å². The zero-order valence-corrected chi connectivity index (χ0v) is 19.0. The summed E-state index contributed by atoms with van der Waals surface area (Å²) in [7, 11) is 1.63. The van der Waals surface area contributed by atoms with E-state index in [9.17, 15) is 14.0 Å². The van der Waals surface area contributed by atoms with Crippen LogP contribution in [0.4, 0.5) is 10.1 Å². The van der Waals surface area contributed by atoms with Crippen LogP contribution in [0.5, 0.6) is 5.75 Å². The third kappa shape index (κ3) is 7.21. The molecule has 2 amide bonds. The molecule has 0 bridgehead atoms. The monoisotopic (exact) mass is 461 g/mol. The summed E-state index contributed by atoms with van der Waals surface area (Å²) < 4.78 is 19.0. The Morgan fingerprint density at radius 2 is 1.84 bits per heavy atom. The number of halogens is 2. The first-order chi connectivity index (χ1) is 15.4. The van der Waals surface area contributed by atoms with Crippen LogP contribution in [-0.2, 0) is 16.0 Å². The number of hydrogen-bond acceptors (Lipinski definition) is 4. The number of anilines is 1. The molecule has 1 fully saturated rings. The van der Waals surface area contributed by atoms with Crippen molar-refractivity contribution in [3.63, 3.8) is 0 Å². The molecular formula is C24H29ClFN3O3. The lowest BCUT2D eigenvalue weighted by Crippen LogP contribution is -2.36. The number of nitrogens with one attached hydrogen (secondary N) is 1. The van der Waals surface area contributed by atoms with Crippen molar-refractivity contribution in [3.05, 3.63) is 58.9 Å². The Morgan fingerprint density at radius 3 is 2.56 bits per heavy atom. The summed E-state index contributed by atoms with van der Waals surface area (Å²) >= 11 is 5.74. The van der Waals surface area contributed by atoms with Gasteiger partial charge in [-0.1, -0.05) is 23.7 Å². The zero-order valence-electron chi connectivity index (χ0n) is 18.3. The van der Waals surface area contributed by atoms with Gasteiger partial charge in [-0.15, -0.1) is 0 Å². The van der Waals surface area contributed by atoms with Crippen molar-refractivity contribution >= 4 is 29.1 Å². The zero-order chi connectivity index (χ0) is 22.9. The van der Waals surface area contributed by atoms with E-state index < -0.39 is 5.82 Å². The highest BCUT2D eigenvalue weighted by molar-refractivity contribution is 6.30. The molecule has 1 aliphatic heterocycles. The Morgan fingerprint density at radius 1 is 1.06 bits per heavy atom. The van der Waals surface area contributed by atoms with Gasteiger partial charge in [-0.3, -0.25) is 9.59 Å². The Kier molecular flexibility index (Phi) is 8.88. The first-order valence-corrected chi connectivity index (χ1v) is 11.2. The van der Waals surface area contributed by atoms with Crippen molar-refractivity contribution in [2.24, 2.45) is 0 Å². The fraction of sp³-hybridized carbons (Fsp3) is 0.417. The van der Waals surface area contributed by atoms with Crippen molar-refractivity contribution in [1.29, 1.82) is 0 Å². The van der Waals surface area contributed by atoms with Crippen LogP contribution in [0.15, 0.2) is 42.5 Å². The van der Waals surface area contributed by atoms with Gasteiger partial charge in [0.15, 0.2) is 0 Å². The number of methoxy groups -OCH3 is 1. The van der Waals surface area contributed by atoms with E-state index in [1.807, 2.05) is 29.2 Å². The summed E-state index contributed by atoms with van der Waals surface area (Å²) in [4.78, 5) is 28.9. The minimum atomic E-state index is -0.551. The fourth-order valence-corrected chi connectivity index (χ4v) is 3.87. The van der Waals surface area contributed by atoms with E-state index in [0.717, 1.165) is 37.4 Å². The second-order valence-electron chi connectivity index (χ2n) is 7.85. The largest absolute Gasteiger partial charge is 0.497 e. The number of ether oxygens (including phenoxy) is 1. The van der Waals surface area contributed by atoms with Crippen LogP contribution in [0, 0.1) is 5.82 Å². The van der Waals surface area contributed by atoms with Gasteiger partial charge in [-0.25, -0.2) is 4.39 Å². The number of carbonyl (C=O) groups is 2. The van der Waals surface area contributed by atoms with E-state index in [0.29, 0.717) is 25.9 Å². The molecule has 0 atom stereocenters. The molecule has 3 rings (SSSR count). The van der Waals surface area contributed by atoms with Gasteiger partial charge in [-0.2, -0.15) is 0 Å². The lowest BCUT2D eigenvalue weighted by Gasteiger charge is -2.22. The van der Waals surface area contributed by atoms with Crippen molar-refractivity contribution < 1.29 is 18.7 Å². The molecule has 0 saturated carbocycles. The molecule has 0 aromatic heterocycles. The minimum Gasteiger partial charge on any atom is -0.497 e. The molecule has 172 valence electrons. The first-order valence-electron chi connectivity index (χ1n) is 10.8. The SMILES string of the molecule is COc1ccc(CCC(=O)N2CCCN(CCC(=O)Nc3ccc(Cl)cc3F)CC2)cc1. The Balaban J connectivity index is 1.40. The molecule has 6 nitrogen and oxygen atoms in total. The maximum Gasteiger partial charge on any atom is 0.225 e. The van der Waals surface area contributed by atoms with Crippen molar-refractivity contribution in [2.45, 2.75) is 25.7 Å². The van der Waals surface area contributed by atoms with E-state index in [1.54, 1.807) is 7.11 Å². The third-order valence-corrected chi connectivity index (χ3v) is 5.82. The quantitative estimate of drug-likeness (QED) is 0.645. The van der Waals surface area contributed by atoms with Gasteiger partial charge in [-0.05, 0) is 55.3 Å². The number of carbonyl (C=O) groups excluding carboxylic acids is 2. The van der Waals surface area contributed by atoms with E-state index >= 15 is 0 Å². The van der Waals surface area contributed by atoms with Crippen LogP contribution < -0.4 is 10.1 Å². The molecule has 0 spiro atoms. The fourth-order valence-electron chi connectivity index (χ4n) is 3.71. The van der Waals surface area contributed by atoms with Crippen LogP contribution in [0.3, 0.4) is 0 Å². The lowest BCUT2D eigenvalue weighted by molar-refractivity contribution is -0.131. The molecule has 2 aromatic carbocycles. The van der Waals surface area contributed by atoms with Crippen molar-refractivity contribution in [1.82, 2.24) is 9.80 Å². The third-order valence-electron chi connectivity index (χ3n) is 5.59. The van der Waals surface area contributed by atoms with Gasteiger partial charge in [0.1, 0.15) is 11.6 Å². The van der Waals surface area contributed by atoms with Crippen molar-refractivity contribution in [3.8, 4) is 5.75 Å². The average molecular weight is 462 g/mol. The lowest BCUT2D eigenvalue weighted by atomic mass is 10.1. The Labute approximate surface area is 193 Å². The molecule has 1 N–H and O–H groups in total. The minimum absolute atomic E-state index is 0.129. The molecule has 8 heteroatoms. The maximum absolute atomic E-state index is 13.8. The number of hydrogen-bond donors (Lipinski definition) is 1. The Bertz CT molecular complexity index is 923. The van der Waals surface area contributed by atoms with Gasteiger partial charge in [0, 0.05) is 44.0 Å². The normalized spacial score (nSPS) is 14.7. The van der Waals surface area contributed by atoms with Crippen LogP contribution in [0.1, 0.15) is 24.8 Å². The molecule has 2 aromatic rings. The van der Waals surface area contributed by atoms with Gasteiger partial charge in [0.05, 0.1) is 12.8 Å². The maximum atomic E-state index is 13.8. The highest BCUT2D eigenvalue weighted by Gasteiger charge is 2.19. The molecule has 0 unspecified atom stereocenters. The van der Waals surface area contributed by atoms with Crippen molar-refractivity contribution in [2.75, 3.05) is 45.2 Å². The number of rotatable bonds is 8. The van der Waals surface area contributed by atoms with Crippen LogP contribution in [-0.4, -0.2) is 61.4 Å². The number of amides is 2. The molecule has 32 heavy (non-hydrogen) atoms. The van der Waals surface area contributed by atoms with Gasteiger partial charge >= 0.3 is 0 Å². The van der Waals surface area contributed by atoms with Gasteiger partial charge in [0.25, 0.3) is 0 Å². The summed E-state index contributed by atoms with van der Waals surface area (Å²) in [6.45, 7) is 3.48. The van der Waals surface area contributed by atoms with Crippen LogP contribution in [0.2, 0.25) is 5.02 Å². The molecule has 0 aliphatic carbocycles. The standard InChI is InChI=1S/C24H29ClFN3O3/c1-32-20-7-3-18(4-8-20)5-10-24(31)29-13-2-12-28(15-16-29)14-11-23(30)27-22-9-6-19(25)17-21(22)26/h3-4,6-9,17H,2,5,10-16H2,1H3,(H,27,30). The first kappa shape index (κ1) is 24.0. The van der Waals surface area contributed by atoms with Crippen LogP contribution >= 0.6 is 11.6 Å². The summed E-state index contributed by atoms with van der Waals surface area (Å²) in [5.41, 5.74) is 1.24. The number of aryl methyl sites for hydroxylation is 1. The molecular weight excluding hydrogens is 433 g/mol. The second kappa shape index (κ2) is 11.8. The Hall–Kier alpha value is -2.64. The summed E-state index contributed by atoms with van der Waals surface area (Å²) in [6.07, 6.45) is 2.29. The highest BCUT2D eigenvalue weighted by Crippen LogP contribution is 2.19.